The maximum Gasteiger partial charge on any atom is 0.226 e. The minimum atomic E-state index is -0.353. The van der Waals surface area contributed by atoms with Gasteiger partial charge in [-0.1, -0.05) is 24.3 Å². The van der Waals surface area contributed by atoms with Crippen LogP contribution in [0.5, 0.6) is 11.5 Å². The van der Waals surface area contributed by atoms with Crippen LogP contribution in [-0.4, -0.2) is 32.8 Å². The van der Waals surface area contributed by atoms with Crippen molar-refractivity contribution in [3.05, 3.63) is 77.3 Å². The predicted octanol–water partition coefficient (Wildman–Crippen LogP) is 3.41. The van der Waals surface area contributed by atoms with Crippen molar-refractivity contribution in [3.8, 4) is 11.5 Å². The summed E-state index contributed by atoms with van der Waals surface area (Å²) in [6.45, 7) is 0. The van der Waals surface area contributed by atoms with Crippen LogP contribution < -0.4 is 10.1 Å². The second-order valence-corrected chi connectivity index (χ2v) is 7.34. The van der Waals surface area contributed by atoms with Crippen molar-refractivity contribution in [3.63, 3.8) is 0 Å². The van der Waals surface area contributed by atoms with E-state index in [2.05, 4.69) is 15.4 Å². The SMILES string of the molecule is COc1ccc([C@H]2CC(=O)C3=C(C2)Nc2ncnn2[C@@H]3c2ccc(O)cc2)cc1. The summed E-state index contributed by atoms with van der Waals surface area (Å²) >= 11 is 0. The number of rotatable bonds is 3. The molecule has 0 bridgehead atoms. The van der Waals surface area contributed by atoms with Crippen LogP contribution in [0.15, 0.2) is 66.1 Å². The van der Waals surface area contributed by atoms with Crippen LogP contribution >= 0.6 is 0 Å². The maximum atomic E-state index is 13.3. The molecule has 2 N–H and O–H groups in total. The van der Waals surface area contributed by atoms with Gasteiger partial charge in [0.25, 0.3) is 0 Å². The number of ether oxygens (including phenoxy) is 1. The van der Waals surface area contributed by atoms with Crippen LogP contribution in [0.3, 0.4) is 0 Å². The van der Waals surface area contributed by atoms with Gasteiger partial charge in [0.2, 0.25) is 5.95 Å². The number of phenolic OH excluding ortho intramolecular Hbond substituents is 1. The normalized spacial score (nSPS) is 20.7. The minimum absolute atomic E-state index is 0.0922. The lowest BCUT2D eigenvalue weighted by Gasteiger charge is -2.35. The second kappa shape index (κ2) is 6.77. The van der Waals surface area contributed by atoms with Crippen LogP contribution in [0.4, 0.5) is 5.95 Å². The zero-order chi connectivity index (χ0) is 20.0. The number of benzene rings is 2. The largest absolute Gasteiger partial charge is 0.508 e. The number of methoxy groups -OCH3 is 1. The molecular weight excluding hydrogens is 368 g/mol. The van der Waals surface area contributed by atoms with Gasteiger partial charge in [-0.15, -0.1) is 0 Å². The molecule has 7 heteroatoms. The highest BCUT2D eigenvalue weighted by molar-refractivity contribution is 6.00. The molecule has 1 aromatic heterocycles. The summed E-state index contributed by atoms with van der Waals surface area (Å²) in [5.41, 5.74) is 3.61. The minimum Gasteiger partial charge on any atom is -0.508 e. The zero-order valence-corrected chi connectivity index (χ0v) is 15.9. The number of carbonyl (C=O) groups excluding carboxylic acids is 1. The average molecular weight is 388 g/mol. The molecule has 2 heterocycles. The van der Waals surface area contributed by atoms with Gasteiger partial charge >= 0.3 is 0 Å². The molecule has 2 aromatic carbocycles. The number of Topliss-reactive ketones (excluding diaryl/α,β-unsaturated/α-hetero) is 1. The average Bonchev–Trinajstić information content (AvgIpc) is 3.21. The Kier molecular flexibility index (Phi) is 4.08. The molecule has 0 saturated carbocycles. The lowest BCUT2D eigenvalue weighted by atomic mass is 9.78. The first-order valence-corrected chi connectivity index (χ1v) is 9.49. The molecule has 0 amide bonds. The number of fused-ring (bicyclic) bond motifs is 1. The maximum absolute atomic E-state index is 13.3. The number of phenols is 1. The molecular formula is C22H20N4O3. The van der Waals surface area contributed by atoms with E-state index < -0.39 is 0 Å². The van der Waals surface area contributed by atoms with Gasteiger partial charge < -0.3 is 15.2 Å². The lowest BCUT2D eigenvalue weighted by Crippen LogP contribution is -2.33. The van der Waals surface area contributed by atoms with Crippen LogP contribution in [0.25, 0.3) is 0 Å². The summed E-state index contributed by atoms with van der Waals surface area (Å²) in [6.07, 6.45) is 2.64. The molecule has 1 aliphatic heterocycles. The van der Waals surface area contributed by atoms with Gasteiger partial charge in [0.15, 0.2) is 5.78 Å². The van der Waals surface area contributed by atoms with Gasteiger partial charge in [-0.3, -0.25) is 4.79 Å². The summed E-state index contributed by atoms with van der Waals surface area (Å²) in [4.78, 5) is 17.6. The molecule has 5 rings (SSSR count). The Hall–Kier alpha value is -3.61. The number of nitrogens with one attached hydrogen (secondary N) is 1. The van der Waals surface area contributed by atoms with Crippen molar-refractivity contribution in [1.29, 1.82) is 0 Å². The van der Waals surface area contributed by atoms with Crippen molar-refractivity contribution >= 4 is 11.7 Å². The highest BCUT2D eigenvalue weighted by Crippen LogP contribution is 2.44. The monoisotopic (exact) mass is 388 g/mol. The van der Waals surface area contributed by atoms with Crippen LogP contribution in [0.1, 0.15) is 35.9 Å². The van der Waals surface area contributed by atoms with Crippen LogP contribution in [0.2, 0.25) is 0 Å². The topological polar surface area (TPSA) is 89.3 Å². The van der Waals surface area contributed by atoms with Gasteiger partial charge in [0, 0.05) is 17.7 Å². The van der Waals surface area contributed by atoms with Gasteiger partial charge in [-0.25, -0.2) is 4.68 Å². The molecule has 0 unspecified atom stereocenters. The van der Waals surface area contributed by atoms with Crippen molar-refractivity contribution in [2.75, 3.05) is 12.4 Å². The van der Waals surface area contributed by atoms with E-state index in [1.165, 1.54) is 6.33 Å². The standard InChI is InChI=1S/C22H20N4O3/c1-29-17-8-4-13(5-9-17)15-10-18-20(19(28)11-15)21(14-2-6-16(27)7-3-14)26-22(25-18)23-12-24-26/h2-9,12,15,21,27H,10-11H2,1H3,(H,23,24,25)/t15-,21-/m1/s1. The summed E-state index contributed by atoms with van der Waals surface area (Å²) < 4.78 is 6.97. The van der Waals surface area contributed by atoms with E-state index in [0.29, 0.717) is 12.4 Å². The van der Waals surface area contributed by atoms with Crippen molar-refractivity contribution in [2.45, 2.75) is 24.8 Å². The second-order valence-electron chi connectivity index (χ2n) is 7.34. The molecule has 0 saturated heterocycles. The van der Waals surface area contributed by atoms with E-state index in [4.69, 9.17) is 4.74 Å². The summed E-state index contributed by atoms with van der Waals surface area (Å²) in [5.74, 6) is 1.79. The molecule has 7 nitrogen and oxygen atoms in total. The van der Waals surface area contributed by atoms with E-state index >= 15 is 0 Å². The number of hydrogen-bond donors (Lipinski definition) is 2. The fraction of sp³-hybridized carbons (Fsp3) is 0.227. The van der Waals surface area contributed by atoms with Gasteiger partial charge in [0.1, 0.15) is 23.9 Å². The number of anilines is 1. The Morgan fingerprint density at radius 1 is 1.07 bits per heavy atom. The Morgan fingerprint density at radius 3 is 2.52 bits per heavy atom. The number of aromatic nitrogens is 3. The zero-order valence-electron chi connectivity index (χ0n) is 15.9. The Morgan fingerprint density at radius 2 is 1.79 bits per heavy atom. The lowest BCUT2D eigenvalue weighted by molar-refractivity contribution is -0.116. The third-order valence-corrected chi connectivity index (χ3v) is 5.66. The van der Waals surface area contributed by atoms with E-state index in [-0.39, 0.29) is 23.5 Å². The molecule has 1 aliphatic carbocycles. The fourth-order valence-corrected chi connectivity index (χ4v) is 4.23. The molecule has 0 radical (unpaired) electrons. The fourth-order valence-electron chi connectivity index (χ4n) is 4.23. The summed E-state index contributed by atoms with van der Waals surface area (Å²) in [5, 5.41) is 17.3. The molecule has 0 fully saturated rings. The van der Waals surface area contributed by atoms with Gasteiger partial charge in [-0.05, 0) is 47.7 Å². The molecule has 2 aliphatic rings. The summed E-state index contributed by atoms with van der Waals surface area (Å²) in [6, 6.07) is 14.4. The Bertz CT molecular complexity index is 1100. The quantitative estimate of drug-likeness (QED) is 0.715. The highest BCUT2D eigenvalue weighted by atomic mass is 16.5. The Balaban J connectivity index is 1.55. The number of aromatic hydroxyl groups is 1. The first-order valence-electron chi connectivity index (χ1n) is 9.49. The van der Waals surface area contributed by atoms with E-state index in [0.717, 1.165) is 34.6 Å². The van der Waals surface area contributed by atoms with E-state index in [9.17, 15) is 9.90 Å². The van der Waals surface area contributed by atoms with E-state index in [1.807, 2.05) is 36.4 Å². The first-order chi connectivity index (χ1) is 14.1. The Labute approximate surface area is 167 Å². The smallest absolute Gasteiger partial charge is 0.226 e. The van der Waals surface area contributed by atoms with Crippen molar-refractivity contribution < 1.29 is 14.6 Å². The van der Waals surface area contributed by atoms with Gasteiger partial charge in [0.05, 0.1) is 7.11 Å². The molecule has 2 atom stereocenters. The van der Waals surface area contributed by atoms with Crippen molar-refractivity contribution in [2.24, 2.45) is 0 Å². The number of allylic oxidation sites excluding steroid dienone is 2. The molecule has 3 aromatic rings. The number of carbonyl (C=O) groups is 1. The van der Waals surface area contributed by atoms with Crippen LogP contribution in [0, 0.1) is 0 Å². The number of hydrogen-bond acceptors (Lipinski definition) is 6. The van der Waals surface area contributed by atoms with E-state index in [1.54, 1.807) is 23.9 Å². The third-order valence-electron chi connectivity index (χ3n) is 5.66. The number of nitrogens with zero attached hydrogens (tertiary/aromatic N) is 3. The third kappa shape index (κ3) is 2.95. The van der Waals surface area contributed by atoms with Crippen molar-refractivity contribution in [1.82, 2.24) is 14.8 Å². The van der Waals surface area contributed by atoms with Crippen LogP contribution in [-0.2, 0) is 4.79 Å². The summed E-state index contributed by atoms with van der Waals surface area (Å²) in [7, 11) is 1.64. The predicted molar refractivity (Wildman–Crippen MR) is 107 cm³/mol. The molecule has 0 spiro atoms. The number of ketones is 1. The molecule has 29 heavy (non-hydrogen) atoms. The first kappa shape index (κ1) is 17.5. The highest BCUT2D eigenvalue weighted by Gasteiger charge is 2.39. The van der Waals surface area contributed by atoms with Gasteiger partial charge in [-0.2, -0.15) is 10.1 Å². The molecule has 146 valence electrons.